The molecule has 0 saturated heterocycles. The van der Waals surface area contributed by atoms with Crippen LogP contribution < -0.4 is 0 Å². The van der Waals surface area contributed by atoms with E-state index in [0.717, 1.165) is 37.8 Å². The third kappa shape index (κ3) is 4.30. The number of aromatic nitrogens is 2. The molecular weight excluding hydrogens is 268 g/mol. The Hall–Kier alpha value is -1.36. The Morgan fingerprint density at radius 1 is 1.43 bits per heavy atom. The van der Waals surface area contributed by atoms with E-state index < -0.39 is 0 Å². The molecule has 0 bridgehead atoms. The van der Waals surface area contributed by atoms with Gasteiger partial charge in [0, 0.05) is 12.2 Å². The van der Waals surface area contributed by atoms with Crippen LogP contribution in [0.5, 0.6) is 0 Å². The number of methoxy groups -OCH3 is 1. The van der Waals surface area contributed by atoms with Crippen molar-refractivity contribution in [3.05, 3.63) is 18.0 Å². The van der Waals surface area contributed by atoms with Gasteiger partial charge in [0.25, 0.3) is 0 Å². The van der Waals surface area contributed by atoms with Gasteiger partial charge in [-0.05, 0) is 45.1 Å². The summed E-state index contributed by atoms with van der Waals surface area (Å²) in [7, 11) is 1.46. The standard InChI is InChI=1S/C16H26N2O3/c1-4-12(2)18-10-9-14(17-18)11-21-15-7-5-13(6-8-15)16(19)20-3/h9-10,12-13,15H,4-8,11H2,1-3H3. The van der Waals surface area contributed by atoms with Gasteiger partial charge in [0.2, 0.25) is 0 Å². The Kier molecular flexibility index (Phi) is 5.79. The highest BCUT2D eigenvalue weighted by atomic mass is 16.5. The SMILES string of the molecule is CCC(C)n1ccc(COC2CCC(C(=O)OC)CC2)n1. The predicted molar refractivity (Wildman–Crippen MR) is 79.8 cm³/mol. The zero-order valence-electron chi connectivity index (χ0n) is 13.2. The third-order valence-electron chi connectivity index (χ3n) is 4.38. The summed E-state index contributed by atoms with van der Waals surface area (Å²) in [6.07, 6.45) is 6.88. The second-order valence-corrected chi connectivity index (χ2v) is 5.85. The van der Waals surface area contributed by atoms with Gasteiger partial charge in [-0.3, -0.25) is 9.48 Å². The minimum atomic E-state index is -0.0826. The highest BCUT2D eigenvalue weighted by Crippen LogP contribution is 2.27. The fraction of sp³-hybridized carbons (Fsp3) is 0.750. The first-order chi connectivity index (χ1) is 10.1. The number of carbonyl (C=O) groups excluding carboxylic acids is 1. The zero-order valence-corrected chi connectivity index (χ0v) is 13.2. The van der Waals surface area contributed by atoms with Crippen LogP contribution in [0, 0.1) is 5.92 Å². The van der Waals surface area contributed by atoms with Crippen molar-refractivity contribution < 1.29 is 14.3 Å². The molecule has 1 aliphatic carbocycles. The summed E-state index contributed by atoms with van der Waals surface area (Å²) in [5.41, 5.74) is 0.977. The van der Waals surface area contributed by atoms with Crippen LogP contribution >= 0.6 is 0 Å². The summed E-state index contributed by atoms with van der Waals surface area (Å²) in [5, 5.41) is 4.54. The molecule has 1 heterocycles. The number of hydrogen-bond acceptors (Lipinski definition) is 4. The lowest BCUT2D eigenvalue weighted by Crippen LogP contribution is -2.26. The first kappa shape index (κ1) is 16.0. The molecule has 0 N–H and O–H groups in total. The van der Waals surface area contributed by atoms with Gasteiger partial charge >= 0.3 is 5.97 Å². The number of esters is 1. The summed E-state index contributed by atoms with van der Waals surface area (Å²) in [4.78, 5) is 11.5. The minimum absolute atomic E-state index is 0.0551. The van der Waals surface area contributed by atoms with E-state index in [4.69, 9.17) is 9.47 Å². The highest BCUT2D eigenvalue weighted by molar-refractivity contribution is 5.72. The molecule has 1 aromatic rings. The fourth-order valence-electron chi connectivity index (χ4n) is 2.72. The quantitative estimate of drug-likeness (QED) is 0.757. The van der Waals surface area contributed by atoms with E-state index in [-0.39, 0.29) is 18.0 Å². The summed E-state index contributed by atoms with van der Waals surface area (Å²) in [6, 6.07) is 2.45. The van der Waals surface area contributed by atoms with Crippen LogP contribution in [0.3, 0.4) is 0 Å². The number of nitrogens with zero attached hydrogens (tertiary/aromatic N) is 2. The molecule has 5 nitrogen and oxygen atoms in total. The van der Waals surface area contributed by atoms with E-state index in [0.29, 0.717) is 12.6 Å². The number of ether oxygens (including phenoxy) is 2. The topological polar surface area (TPSA) is 53.4 Å². The maximum Gasteiger partial charge on any atom is 0.308 e. The van der Waals surface area contributed by atoms with E-state index in [1.165, 1.54) is 7.11 Å². The average Bonchev–Trinajstić information content (AvgIpc) is 3.01. The molecule has 0 radical (unpaired) electrons. The Balaban J connectivity index is 1.74. The van der Waals surface area contributed by atoms with Gasteiger partial charge in [-0.25, -0.2) is 0 Å². The van der Waals surface area contributed by atoms with Gasteiger partial charge in [-0.2, -0.15) is 5.10 Å². The van der Waals surface area contributed by atoms with Crippen LogP contribution in [0.25, 0.3) is 0 Å². The second kappa shape index (κ2) is 7.59. The van der Waals surface area contributed by atoms with E-state index in [9.17, 15) is 4.79 Å². The maximum atomic E-state index is 11.5. The van der Waals surface area contributed by atoms with Gasteiger partial charge < -0.3 is 9.47 Å². The molecule has 1 fully saturated rings. The van der Waals surface area contributed by atoms with E-state index in [1.54, 1.807) is 0 Å². The number of carbonyl (C=O) groups is 1. The Morgan fingerprint density at radius 2 is 2.14 bits per heavy atom. The molecule has 21 heavy (non-hydrogen) atoms. The van der Waals surface area contributed by atoms with Gasteiger partial charge in [0.05, 0.1) is 31.4 Å². The lowest BCUT2D eigenvalue weighted by Gasteiger charge is -2.26. The van der Waals surface area contributed by atoms with E-state index >= 15 is 0 Å². The molecule has 118 valence electrons. The Labute approximate surface area is 126 Å². The van der Waals surface area contributed by atoms with Crippen molar-refractivity contribution in [2.24, 2.45) is 5.92 Å². The van der Waals surface area contributed by atoms with Crippen LogP contribution in [-0.4, -0.2) is 29.0 Å². The van der Waals surface area contributed by atoms with Gasteiger partial charge in [-0.15, -0.1) is 0 Å². The van der Waals surface area contributed by atoms with Crippen molar-refractivity contribution in [2.45, 2.75) is 64.7 Å². The van der Waals surface area contributed by atoms with Crippen LogP contribution in [0.1, 0.15) is 57.7 Å². The molecule has 1 aromatic heterocycles. The minimum Gasteiger partial charge on any atom is -0.469 e. The molecule has 0 spiro atoms. The van der Waals surface area contributed by atoms with Crippen LogP contribution in [0.4, 0.5) is 0 Å². The molecule has 0 amide bonds. The van der Waals surface area contributed by atoms with Crippen molar-refractivity contribution in [1.82, 2.24) is 9.78 Å². The molecule has 2 rings (SSSR count). The summed E-state index contributed by atoms with van der Waals surface area (Å²) in [5.74, 6) is -0.0276. The van der Waals surface area contributed by atoms with Crippen LogP contribution in [-0.2, 0) is 20.9 Å². The average molecular weight is 294 g/mol. The Morgan fingerprint density at radius 3 is 2.76 bits per heavy atom. The van der Waals surface area contributed by atoms with Crippen molar-refractivity contribution in [1.29, 1.82) is 0 Å². The molecule has 1 saturated carbocycles. The summed E-state index contributed by atoms with van der Waals surface area (Å²) < 4.78 is 12.7. The summed E-state index contributed by atoms with van der Waals surface area (Å²) in [6.45, 7) is 4.87. The molecule has 5 heteroatoms. The first-order valence-electron chi connectivity index (χ1n) is 7.87. The van der Waals surface area contributed by atoms with Crippen molar-refractivity contribution in [2.75, 3.05) is 7.11 Å². The number of rotatable bonds is 6. The fourth-order valence-corrected chi connectivity index (χ4v) is 2.72. The molecule has 1 aliphatic rings. The van der Waals surface area contributed by atoms with Crippen LogP contribution in [0.2, 0.25) is 0 Å². The normalized spacial score (nSPS) is 23.8. The maximum absolute atomic E-state index is 11.5. The molecular formula is C16H26N2O3. The van der Waals surface area contributed by atoms with Crippen molar-refractivity contribution in [3.63, 3.8) is 0 Å². The third-order valence-corrected chi connectivity index (χ3v) is 4.38. The molecule has 1 unspecified atom stereocenters. The van der Waals surface area contributed by atoms with Gasteiger partial charge in [0.1, 0.15) is 0 Å². The van der Waals surface area contributed by atoms with E-state index in [1.807, 2.05) is 16.9 Å². The summed E-state index contributed by atoms with van der Waals surface area (Å²) >= 11 is 0. The van der Waals surface area contributed by atoms with E-state index in [2.05, 4.69) is 18.9 Å². The van der Waals surface area contributed by atoms with Crippen LogP contribution in [0.15, 0.2) is 12.3 Å². The molecule has 0 aliphatic heterocycles. The van der Waals surface area contributed by atoms with Gasteiger partial charge in [-0.1, -0.05) is 6.92 Å². The predicted octanol–water partition coefficient (Wildman–Crippen LogP) is 3.10. The lowest BCUT2D eigenvalue weighted by atomic mass is 9.87. The Bertz CT molecular complexity index is 450. The highest BCUT2D eigenvalue weighted by Gasteiger charge is 2.27. The van der Waals surface area contributed by atoms with Crippen molar-refractivity contribution >= 4 is 5.97 Å². The van der Waals surface area contributed by atoms with Gasteiger partial charge in [0.15, 0.2) is 0 Å². The first-order valence-corrected chi connectivity index (χ1v) is 7.87. The largest absolute Gasteiger partial charge is 0.469 e. The van der Waals surface area contributed by atoms with Crippen molar-refractivity contribution in [3.8, 4) is 0 Å². The zero-order chi connectivity index (χ0) is 15.2. The monoisotopic (exact) mass is 294 g/mol. The smallest absolute Gasteiger partial charge is 0.308 e. The molecule has 0 aromatic carbocycles. The molecule has 1 atom stereocenters. The number of hydrogen-bond donors (Lipinski definition) is 0. The lowest BCUT2D eigenvalue weighted by molar-refractivity contribution is -0.147. The second-order valence-electron chi connectivity index (χ2n) is 5.85.